The van der Waals surface area contributed by atoms with Crippen LogP contribution in [0.3, 0.4) is 0 Å². The van der Waals surface area contributed by atoms with Gasteiger partial charge in [-0.15, -0.1) is 0 Å². The summed E-state index contributed by atoms with van der Waals surface area (Å²) in [4.78, 5) is 93.1. The molecule has 0 saturated heterocycles. The van der Waals surface area contributed by atoms with E-state index in [2.05, 4.69) is 36.9 Å². The van der Waals surface area contributed by atoms with Crippen LogP contribution in [0.2, 0.25) is 0 Å². The highest BCUT2D eigenvalue weighted by molar-refractivity contribution is 5.96. The van der Waals surface area contributed by atoms with Gasteiger partial charge in [0.15, 0.2) is 12.0 Å². The largest absolute Gasteiger partial charge is 0.508 e. The lowest BCUT2D eigenvalue weighted by molar-refractivity contribution is -0.145. The predicted octanol–water partition coefficient (Wildman–Crippen LogP) is -6.04. The van der Waals surface area contributed by atoms with Crippen LogP contribution >= 0.6 is 0 Å². The molecular formula is C32H52N10O12. The second-order valence-electron chi connectivity index (χ2n) is 12.5. The Morgan fingerprint density at radius 1 is 0.741 bits per heavy atom. The van der Waals surface area contributed by atoms with Gasteiger partial charge in [-0.05, 0) is 43.4 Å². The molecule has 1 rings (SSSR count). The van der Waals surface area contributed by atoms with E-state index in [1.54, 1.807) is 13.8 Å². The minimum absolute atomic E-state index is 0.0358. The first-order chi connectivity index (χ1) is 25.3. The van der Waals surface area contributed by atoms with Crippen LogP contribution in [0.1, 0.15) is 39.2 Å². The molecule has 0 heterocycles. The number of nitrogens with one attached hydrogen (secondary N) is 6. The molecule has 1 aromatic carbocycles. The molecule has 0 aliphatic heterocycles. The first kappa shape index (κ1) is 46.4. The van der Waals surface area contributed by atoms with Crippen molar-refractivity contribution in [1.82, 2.24) is 31.9 Å². The first-order valence-corrected chi connectivity index (χ1v) is 16.8. The molecular weight excluding hydrogens is 716 g/mol. The summed E-state index contributed by atoms with van der Waals surface area (Å²) in [7, 11) is 0. The van der Waals surface area contributed by atoms with Gasteiger partial charge in [0.05, 0.1) is 25.9 Å². The number of aliphatic carboxylic acids is 1. The molecule has 22 nitrogen and oxygen atoms in total. The molecule has 1 aromatic rings. The number of carboxylic acids is 1. The van der Waals surface area contributed by atoms with Crippen LogP contribution in [-0.4, -0.2) is 142 Å². The van der Waals surface area contributed by atoms with Gasteiger partial charge in [-0.3, -0.25) is 33.8 Å². The number of aliphatic hydroxyl groups excluding tert-OH is 3. The summed E-state index contributed by atoms with van der Waals surface area (Å²) in [6, 6.07) is -3.08. The Labute approximate surface area is 310 Å². The van der Waals surface area contributed by atoms with Gasteiger partial charge in [0.25, 0.3) is 0 Å². The normalized spacial score (nSPS) is 14.8. The van der Waals surface area contributed by atoms with Crippen LogP contribution in [0.15, 0.2) is 29.3 Å². The van der Waals surface area contributed by atoms with Crippen LogP contribution in [0.4, 0.5) is 0 Å². The molecule has 0 aliphatic carbocycles. The minimum Gasteiger partial charge on any atom is -0.508 e. The van der Waals surface area contributed by atoms with Crippen LogP contribution in [0.25, 0.3) is 0 Å². The Bertz CT molecular complexity index is 1470. The Morgan fingerprint density at radius 2 is 1.31 bits per heavy atom. The first-order valence-electron chi connectivity index (χ1n) is 16.8. The molecule has 0 bridgehead atoms. The Kier molecular flexibility index (Phi) is 19.9. The van der Waals surface area contributed by atoms with Crippen LogP contribution in [0, 0.1) is 5.92 Å². The Balaban J connectivity index is 3.17. The van der Waals surface area contributed by atoms with Crippen molar-refractivity contribution in [2.75, 3.05) is 26.3 Å². The average molecular weight is 769 g/mol. The number of aromatic hydroxyl groups is 1. The van der Waals surface area contributed by atoms with Crippen LogP contribution < -0.4 is 49.1 Å². The van der Waals surface area contributed by atoms with Gasteiger partial charge in [0.2, 0.25) is 35.4 Å². The number of aliphatic imine (C=N–C) groups is 1. The lowest BCUT2D eigenvalue weighted by atomic mass is 10.0. The standard InChI is InChI=1S/C32H52N10O12/c1-15(2)24(41-26(48)19(33)13-43)30(52)40-22(14-44)27(49)37-12-23(47)38-21(11-17-6-8-18(46)9-7-17)29(51)39-20(5-4-10-36-32(34)35)28(50)42-25(16(3)45)31(53)54/h6-9,15-16,19-22,24-25,43-46H,4-5,10-14,33H2,1-3H3,(H,37,49)(H,38,47)(H,39,51)(H,40,52)(H,41,48)(H,42,50)(H,53,54)(H4,34,35,36)/t16-,19+,20+,21+,22+,24+,25+/m1/s1. The topological polar surface area (TPSA) is 383 Å². The van der Waals surface area contributed by atoms with Crippen LogP contribution in [-0.2, 0) is 40.0 Å². The SMILES string of the molecule is CC(C)[C@H](NC(=O)[C@@H](N)CO)C(=O)N[C@@H](CO)C(=O)NCC(=O)N[C@@H](Cc1ccc(O)cc1)C(=O)N[C@@H](CCCN=C(N)N)C(=O)N[C@H](C(=O)O)[C@@H](C)O. The van der Waals surface area contributed by atoms with Gasteiger partial charge in [-0.25, -0.2) is 4.79 Å². The monoisotopic (exact) mass is 768 g/mol. The van der Waals surface area contributed by atoms with E-state index < -0.39 is 109 Å². The van der Waals surface area contributed by atoms with Crippen molar-refractivity contribution >= 4 is 47.4 Å². The zero-order chi connectivity index (χ0) is 41.1. The molecule has 54 heavy (non-hydrogen) atoms. The lowest BCUT2D eigenvalue weighted by Gasteiger charge is -2.26. The number of rotatable bonds is 23. The highest BCUT2D eigenvalue weighted by Gasteiger charge is 2.33. The fourth-order valence-electron chi connectivity index (χ4n) is 4.63. The quantitative estimate of drug-likeness (QED) is 0.0280. The third-order valence-corrected chi connectivity index (χ3v) is 7.67. The molecule has 0 aromatic heterocycles. The van der Waals surface area contributed by atoms with E-state index in [0.29, 0.717) is 5.56 Å². The maximum Gasteiger partial charge on any atom is 0.328 e. The number of benzene rings is 1. The van der Waals surface area contributed by atoms with Gasteiger partial charge >= 0.3 is 5.97 Å². The van der Waals surface area contributed by atoms with Crippen molar-refractivity contribution in [3.05, 3.63) is 29.8 Å². The number of carbonyl (C=O) groups excluding carboxylic acids is 6. The molecule has 0 spiro atoms. The number of carboxylic acid groups (broad SMARTS) is 1. The van der Waals surface area contributed by atoms with E-state index in [9.17, 15) is 54.0 Å². The van der Waals surface area contributed by atoms with Gasteiger partial charge < -0.3 is 74.6 Å². The van der Waals surface area contributed by atoms with E-state index in [-0.39, 0.29) is 37.5 Å². The van der Waals surface area contributed by atoms with Gasteiger partial charge in [-0.2, -0.15) is 0 Å². The van der Waals surface area contributed by atoms with Crippen molar-refractivity contribution in [3.63, 3.8) is 0 Å². The van der Waals surface area contributed by atoms with Crippen molar-refractivity contribution in [3.8, 4) is 5.75 Å². The summed E-state index contributed by atoms with van der Waals surface area (Å²) in [5, 5.41) is 61.8. The smallest absolute Gasteiger partial charge is 0.328 e. The van der Waals surface area contributed by atoms with Crippen molar-refractivity contribution in [2.24, 2.45) is 28.1 Å². The lowest BCUT2D eigenvalue weighted by Crippen LogP contribution is -2.59. The zero-order valence-electron chi connectivity index (χ0n) is 30.2. The fourth-order valence-corrected chi connectivity index (χ4v) is 4.63. The van der Waals surface area contributed by atoms with Crippen molar-refractivity contribution < 1.29 is 59.1 Å². The second-order valence-corrected chi connectivity index (χ2v) is 12.5. The number of hydrogen-bond donors (Lipinski definition) is 14. The number of hydrogen-bond acceptors (Lipinski definition) is 13. The molecule has 0 fully saturated rings. The summed E-state index contributed by atoms with van der Waals surface area (Å²) < 4.78 is 0. The molecule has 302 valence electrons. The zero-order valence-corrected chi connectivity index (χ0v) is 30.2. The number of guanidine groups is 1. The van der Waals surface area contributed by atoms with E-state index in [0.717, 1.165) is 6.92 Å². The molecule has 22 heteroatoms. The number of nitrogens with zero attached hydrogens (tertiary/aromatic N) is 1. The average Bonchev–Trinajstić information content (AvgIpc) is 3.11. The van der Waals surface area contributed by atoms with E-state index in [1.165, 1.54) is 24.3 Å². The molecule has 7 atom stereocenters. The summed E-state index contributed by atoms with van der Waals surface area (Å²) >= 11 is 0. The maximum absolute atomic E-state index is 13.6. The van der Waals surface area contributed by atoms with Gasteiger partial charge in [0.1, 0.15) is 36.0 Å². The summed E-state index contributed by atoms with van der Waals surface area (Å²) in [5.41, 5.74) is 16.6. The number of nitrogens with two attached hydrogens (primary N) is 3. The molecule has 0 radical (unpaired) electrons. The van der Waals surface area contributed by atoms with E-state index in [4.69, 9.17) is 22.3 Å². The number of carbonyl (C=O) groups is 7. The number of amides is 6. The Morgan fingerprint density at radius 3 is 1.83 bits per heavy atom. The number of aliphatic hydroxyl groups is 3. The third-order valence-electron chi connectivity index (χ3n) is 7.67. The molecule has 0 saturated carbocycles. The minimum atomic E-state index is -1.72. The third kappa shape index (κ3) is 16.4. The molecule has 6 amide bonds. The van der Waals surface area contributed by atoms with Crippen LogP contribution in [0.5, 0.6) is 5.75 Å². The van der Waals surface area contributed by atoms with E-state index in [1.807, 2.05) is 0 Å². The van der Waals surface area contributed by atoms with Crippen molar-refractivity contribution in [2.45, 2.75) is 82.4 Å². The van der Waals surface area contributed by atoms with Gasteiger partial charge in [0, 0.05) is 13.0 Å². The highest BCUT2D eigenvalue weighted by atomic mass is 16.4. The fraction of sp³-hybridized carbons (Fsp3) is 0.562. The number of phenolic OH excluding ortho intramolecular Hbond substituents is 1. The summed E-state index contributed by atoms with van der Waals surface area (Å²) in [5.74, 6) is -7.90. The number of phenols is 1. The molecule has 0 unspecified atom stereocenters. The Hall–Kier alpha value is -5.58. The highest BCUT2D eigenvalue weighted by Crippen LogP contribution is 2.12. The second kappa shape index (κ2) is 23.2. The summed E-state index contributed by atoms with van der Waals surface area (Å²) in [6.07, 6.45) is -1.68. The van der Waals surface area contributed by atoms with Gasteiger partial charge in [-0.1, -0.05) is 26.0 Å². The molecule has 17 N–H and O–H groups in total. The summed E-state index contributed by atoms with van der Waals surface area (Å²) in [6.45, 7) is 1.98. The van der Waals surface area contributed by atoms with Crippen molar-refractivity contribution in [1.29, 1.82) is 0 Å². The van der Waals surface area contributed by atoms with E-state index >= 15 is 0 Å². The maximum atomic E-state index is 13.6. The molecule has 0 aliphatic rings. The predicted molar refractivity (Wildman–Crippen MR) is 191 cm³/mol.